The molecule has 0 aromatic heterocycles. The summed E-state index contributed by atoms with van der Waals surface area (Å²) in [5.41, 5.74) is 1.70. The summed E-state index contributed by atoms with van der Waals surface area (Å²) in [6.07, 6.45) is 0.967. The fraction of sp³-hybridized carbons (Fsp3) is 0.316. The van der Waals surface area contributed by atoms with Crippen LogP contribution in [0.2, 0.25) is 0 Å². The molecule has 0 spiro atoms. The summed E-state index contributed by atoms with van der Waals surface area (Å²) in [6.45, 7) is 1.79. The lowest BCUT2D eigenvalue weighted by molar-refractivity contribution is -0.0102. The van der Waals surface area contributed by atoms with Crippen LogP contribution in [0.1, 0.15) is 16.8 Å². The minimum atomic E-state index is 0.0692. The van der Waals surface area contributed by atoms with Crippen molar-refractivity contribution in [2.24, 2.45) is 0 Å². The monoisotopic (exact) mass is 309 g/mol. The van der Waals surface area contributed by atoms with Crippen LogP contribution in [-0.4, -0.2) is 49.2 Å². The van der Waals surface area contributed by atoms with Gasteiger partial charge < -0.3 is 4.90 Å². The fourth-order valence-corrected chi connectivity index (χ4v) is 3.06. The summed E-state index contributed by atoms with van der Waals surface area (Å²) >= 11 is 0. The van der Waals surface area contributed by atoms with Gasteiger partial charge in [0.25, 0.3) is 5.91 Å². The van der Waals surface area contributed by atoms with Gasteiger partial charge in [-0.25, -0.2) is 10.0 Å². The molecule has 1 amide bonds. The van der Waals surface area contributed by atoms with Crippen LogP contribution in [0.3, 0.4) is 0 Å². The number of nitrogens with zero attached hydrogens (tertiary/aromatic N) is 3. The van der Waals surface area contributed by atoms with Crippen molar-refractivity contribution >= 4 is 11.6 Å². The van der Waals surface area contributed by atoms with E-state index in [1.165, 1.54) is 0 Å². The van der Waals surface area contributed by atoms with Crippen molar-refractivity contribution in [3.05, 3.63) is 66.2 Å². The van der Waals surface area contributed by atoms with E-state index in [0.717, 1.165) is 30.8 Å². The smallest absolute Gasteiger partial charge is 0.258 e. The molecule has 1 atom stereocenters. The lowest BCUT2D eigenvalue weighted by Crippen LogP contribution is -2.55. The van der Waals surface area contributed by atoms with E-state index in [1.54, 1.807) is 0 Å². The van der Waals surface area contributed by atoms with E-state index in [0.29, 0.717) is 0 Å². The molecule has 1 saturated heterocycles. The second kappa shape index (κ2) is 6.94. The molecule has 2 aromatic rings. The Hall–Kier alpha value is -2.17. The van der Waals surface area contributed by atoms with Gasteiger partial charge in [0, 0.05) is 38.4 Å². The van der Waals surface area contributed by atoms with E-state index in [1.807, 2.05) is 65.6 Å². The predicted octanol–water partition coefficient (Wildman–Crippen LogP) is 2.88. The maximum atomic E-state index is 13.1. The molecule has 1 aliphatic heterocycles. The van der Waals surface area contributed by atoms with Gasteiger partial charge in [0.2, 0.25) is 0 Å². The van der Waals surface area contributed by atoms with Crippen molar-refractivity contribution in [1.29, 1.82) is 0 Å². The number of hydrogen-bond acceptors (Lipinski definition) is 3. The zero-order valence-corrected chi connectivity index (χ0v) is 13.7. The quantitative estimate of drug-likeness (QED) is 0.872. The normalized spacial score (nSPS) is 19.5. The van der Waals surface area contributed by atoms with Crippen LogP contribution in [0.25, 0.3) is 0 Å². The number of carbonyl (C=O) groups excluding carboxylic acids is 1. The topological polar surface area (TPSA) is 26.8 Å². The summed E-state index contributed by atoms with van der Waals surface area (Å²) in [5.74, 6) is 0.0692. The van der Waals surface area contributed by atoms with Gasteiger partial charge in [0.15, 0.2) is 0 Å². The molecule has 4 nitrogen and oxygen atoms in total. The number of hydrogen-bond donors (Lipinski definition) is 0. The van der Waals surface area contributed by atoms with E-state index in [-0.39, 0.29) is 11.9 Å². The molecule has 2 aromatic carbocycles. The van der Waals surface area contributed by atoms with Crippen molar-refractivity contribution < 1.29 is 4.79 Å². The third-order valence-electron chi connectivity index (χ3n) is 4.48. The van der Waals surface area contributed by atoms with Crippen LogP contribution >= 0.6 is 0 Å². The molecule has 23 heavy (non-hydrogen) atoms. The maximum Gasteiger partial charge on any atom is 0.258 e. The first kappa shape index (κ1) is 15.7. The van der Waals surface area contributed by atoms with Crippen LogP contribution in [0.4, 0.5) is 5.69 Å². The second-order valence-electron chi connectivity index (χ2n) is 6.04. The van der Waals surface area contributed by atoms with E-state index in [2.05, 4.69) is 24.1 Å². The van der Waals surface area contributed by atoms with Crippen molar-refractivity contribution in [3.8, 4) is 0 Å². The van der Waals surface area contributed by atoms with Gasteiger partial charge in [0.1, 0.15) is 0 Å². The molecule has 0 radical (unpaired) electrons. The van der Waals surface area contributed by atoms with E-state index in [9.17, 15) is 4.79 Å². The Kier molecular flexibility index (Phi) is 4.74. The summed E-state index contributed by atoms with van der Waals surface area (Å²) in [7, 11) is 4.16. The van der Waals surface area contributed by atoms with Crippen molar-refractivity contribution in [2.75, 3.05) is 32.1 Å². The van der Waals surface area contributed by atoms with Crippen molar-refractivity contribution in [2.45, 2.75) is 12.5 Å². The number of benzene rings is 2. The number of amides is 1. The third-order valence-corrected chi connectivity index (χ3v) is 4.48. The largest absolute Gasteiger partial charge is 0.304 e. The highest BCUT2D eigenvalue weighted by Gasteiger charge is 2.31. The molecule has 3 rings (SSSR count). The molecule has 120 valence electrons. The van der Waals surface area contributed by atoms with Crippen molar-refractivity contribution in [3.63, 3.8) is 0 Å². The van der Waals surface area contributed by atoms with Gasteiger partial charge in [-0.2, -0.15) is 0 Å². The van der Waals surface area contributed by atoms with Crippen LogP contribution in [0.5, 0.6) is 0 Å². The van der Waals surface area contributed by atoms with E-state index in [4.69, 9.17) is 0 Å². The summed E-state index contributed by atoms with van der Waals surface area (Å²) in [5, 5.41) is 4.38. The number of carbonyl (C=O) groups is 1. The molecule has 1 fully saturated rings. The Morgan fingerprint density at radius 1 is 0.957 bits per heavy atom. The first-order chi connectivity index (χ1) is 11.2. The van der Waals surface area contributed by atoms with Crippen LogP contribution in [0, 0.1) is 0 Å². The summed E-state index contributed by atoms with van der Waals surface area (Å²) in [6, 6.07) is 19.7. The van der Waals surface area contributed by atoms with Crippen molar-refractivity contribution in [1.82, 2.24) is 10.0 Å². The Morgan fingerprint density at radius 2 is 1.57 bits per heavy atom. The highest BCUT2D eigenvalue weighted by atomic mass is 16.2. The number of rotatable bonds is 3. The minimum Gasteiger partial charge on any atom is -0.304 e. The van der Waals surface area contributed by atoms with Crippen LogP contribution in [0.15, 0.2) is 60.7 Å². The predicted molar refractivity (Wildman–Crippen MR) is 93.4 cm³/mol. The molecule has 0 aliphatic carbocycles. The zero-order valence-electron chi connectivity index (χ0n) is 13.7. The Balaban J connectivity index is 1.93. The maximum absolute atomic E-state index is 13.1. The standard InChI is InChI=1S/C19H23N3O/c1-20-14-13-18(15-21(20)2)22(17-11-7-4-8-12-17)19(23)16-9-5-3-6-10-16/h3-12,18H,13-15H2,1-2H3. The van der Waals surface area contributed by atoms with E-state index < -0.39 is 0 Å². The molecule has 0 bridgehead atoms. The molecule has 1 aliphatic rings. The average molecular weight is 309 g/mol. The van der Waals surface area contributed by atoms with Crippen LogP contribution in [-0.2, 0) is 0 Å². The lowest BCUT2D eigenvalue weighted by atomic mass is 10.1. The van der Waals surface area contributed by atoms with E-state index >= 15 is 0 Å². The van der Waals surface area contributed by atoms with Gasteiger partial charge in [-0.15, -0.1) is 0 Å². The third kappa shape index (κ3) is 3.44. The SMILES string of the molecule is CN1CCC(N(C(=O)c2ccccc2)c2ccccc2)CN1C. The van der Waals surface area contributed by atoms with Gasteiger partial charge >= 0.3 is 0 Å². The van der Waals surface area contributed by atoms with Gasteiger partial charge in [-0.05, 0) is 30.7 Å². The average Bonchev–Trinajstić information content (AvgIpc) is 2.60. The fourth-order valence-electron chi connectivity index (χ4n) is 3.06. The van der Waals surface area contributed by atoms with Crippen LogP contribution < -0.4 is 4.90 Å². The highest BCUT2D eigenvalue weighted by Crippen LogP contribution is 2.24. The van der Waals surface area contributed by atoms with Gasteiger partial charge in [-0.1, -0.05) is 36.4 Å². The van der Waals surface area contributed by atoms with Gasteiger partial charge in [-0.3, -0.25) is 4.79 Å². The first-order valence-electron chi connectivity index (χ1n) is 8.02. The Labute approximate surface area is 137 Å². The summed E-state index contributed by atoms with van der Waals surface area (Å²) in [4.78, 5) is 15.1. The number of likely N-dealkylation sites (N-methyl/N-ethyl adjacent to an activating group) is 1. The number of anilines is 1. The zero-order chi connectivity index (χ0) is 16.2. The lowest BCUT2D eigenvalue weighted by Gasteiger charge is -2.42. The number of hydrazine groups is 1. The molecule has 0 saturated carbocycles. The Morgan fingerprint density at radius 3 is 2.17 bits per heavy atom. The molecule has 1 unspecified atom stereocenters. The molecule has 4 heteroatoms. The molecule has 1 heterocycles. The molecule has 0 N–H and O–H groups in total. The Bertz CT molecular complexity index is 644. The number of para-hydroxylation sites is 1. The summed E-state index contributed by atoms with van der Waals surface area (Å²) < 4.78 is 0. The minimum absolute atomic E-state index is 0.0692. The molecular formula is C19H23N3O. The first-order valence-corrected chi connectivity index (χ1v) is 8.02. The second-order valence-corrected chi connectivity index (χ2v) is 6.04. The molecular weight excluding hydrogens is 286 g/mol. The highest BCUT2D eigenvalue weighted by molar-refractivity contribution is 6.06. The van der Waals surface area contributed by atoms with Gasteiger partial charge in [0.05, 0.1) is 6.04 Å².